The third kappa shape index (κ3) is 3.86. The Kier molecular flexibility index (Phi) is 5.06. The number of nitrogens with zero attached hydrogens (tertiary/aromatic N) is 4. The number of nitrogens with one attached hydrogen (secondary N) is 2. The fourth-order valence-corrected chi connectivity index (χ4v) is 4.86. The maximum atomic E-state index is 14.6. The largest absolute Gasteiger partial charge is 0.357 e. The lowest BCUT2D eigenvalue weighted by molar-refractivity contribution is 0.0931. The predicted octanol–water partition coefficient (Wildman–Crippen LogP) is 3.92. The van der Waals surface area contributed by atoms with Crippen LogP contribution in [0.25, 0.3) is 15.9 Å². The molecule has 1 aliphatic rings. The van der Waals surface area contributed by atoms with Crippen LogP contribution >= 0.6 is 11.3 Å². The van der Waals surface area contributed by atoms with Gasteiger partial charge in [-0.05, 0) is 49.6 Å². The van der Waals surface area contributed by atoms with E-state index in [4.69, 9.17) is 0 Å². The molecule has 2 atom stereocenters. The van der Waals surface area contributed by atoms with E-state index in [0.29, 0.717) is 5.13 Å². The van der Waals surface area contributed by atoms with Gasteiger partial charge in [0.15, 0.2) is 5.13 Å². The molecule has 0 bridgehead atoms. The Morgan fingerprint density at radius 2 is 1.90 bits per heavy atom. The van der Waals surface area contributed by atoms with Gasteiger partial charge in [-0.3, -0.25) is 4.79 Å². The first-order chi connectivity index (χ1) is 15.1. The summed E-state index contributed by atoms with van der Waals surface area (Å²) in [6.07, 6.45) is 5.43. The molecule has 1 fully saturated rings. The topological polar surface area (TPSA) is 84.7 Å². The number of amides is 1. The van der Waals surface area contributed by atoms with Crippen LogP contribution in [-0.4, -0.2) is 38.0 Å². The van der Waals surface area contributed by atoms with Crippen LogP contribution < -0.4 is 10.6 Å². The molecule has 2 aromatic heterocycles. The second-order valence-electron chi connectivity index (χ2n) is 7.35. The fraction of sp³-hybridized carbons (Fsp3) is 0.238. The van der Waals surface area contributed by atoms with Crippen molar-refractivity contribution in [1.82, 2.24) is 25.3 Å². The summed E-state index contributed by atoms with van der Waals surface area (Å²) in [5.74, 6) is -1.46. The normalized spacial score (nSPS) is 18.4. The van der Waals surface area contributed by atoms with Gasteiger partial charge in [-0.1, -0.05) is 17.4 Å². The van der Waals surface area contributed by atoms with Crippen molar-refractivity contribution in [2.75, 3.05) is 5.32 Å². The van der Waals surface area contributed by atoms with Crippen molar-refractivity contribution in [2.45, 2.75) is 31.3 Å². The molecular formula is C21H18F2N6OS. The smallest absolute Gasteiger partial charge is 0.256 e. The lowest BCUT2D eigenvalue weighted by Gasteiger charge is -2.22. The standard InChI is InChI=1S/C21H18F2N6OS/c22-12-7-8-16-18(11-12)31-21(28-16)27-15-5-2-4-14(15)26-20(30)19-13(23)3-1-6-17(19)29-24-9-10-25-29/h1,3,6-11,14-15H,2,4-5H2,(H,26,30)(H,27,28)/t14-,15-/m1/s1. The third-order valence-electron chi connectivity index (χ3n) is 5.34. The minimum atomic E-state index is -0.636. The lowest BCUT2D eigenvalue weighted by Crippen LogP contribution is -2.43. The molecular weight excluding hydrogens is 422 g/mol. The van der Waals surface area contributed by atoms with Crippen molar-refractivity contribution >= 4 is 32.6 Å². The molecule has 1 aliphatic carbocycles. The number of thiazole rings is 1. The van der Waals surface area contributed by atoms with Gasteiger partial charge in [0.05, 0.1) is 22.6 Å². The number of benzene rings is 2. The number of anilines is 1. The van der Waals surface area contributed by atoms with Gasteiger partial charge in [0.1, 0.15) is 22.9 Å². The van der Waals surface area contributed by atoms with Gasteiger partial charge >= 0.3 is 0 Å². The molecule has 4 aromatic rings. The molecule has 10 heteroatoms. The van der Waals surface area contributed by atoms with E-state index in [-0.39, 0.29) is 29.2 Å². The Balaban J connectivity index is 1.35. The van der Waals surface area contributed by atoms with E-state index in [1.807, 2.05) is 0 Å². The van der Waals surface area contributed by atoms with Gasteiger partial charge in [-0.25, -0.2) is 13.8 Å². The van der Waals surface area contributed by atoms with Crippen LogP contribution in [0.15, 0.2) is 48.8 Å². The number of carbonyl (C=O) groups excluding carboxylic acids is 1. The van der Waals surface area contributed by atoms with Gasteiger partial charge in [0, 0.05) is 12.1 Å². The van der Waals surface area contributed by atoms with E-state index < -0.39 is 11.7 Å². The quantitative estimate of drug-likeness (QED) is 0.491. The second-order valence-corrected chi connectivity index (χ2v) is 8.38. The van der Waals surface area contributed by atoms with Crippen LogP contribution in [-0.2, 0) is 0 Å². The molecule has 31 heavy (non-hydrogen) atoms. The minimum absolute atomic E-state index is 0.0626. The highest BCUT2D eigenvalue weighted by atomic mass is 32.1. The first-order valence-corrected chi connectivity index (χ1v) is 10.7. The molecule has 1 saturated carbocycles. The summed E-state index contributed by atoms with van der Waals surface area (Å²) < 4.78 is 28.8. The summed E-state index contributed by atoms with van der Waals surface area (Å²) in [5, 5.41) is 15.0. The maximum Gasteiger partial charge on any atom is 0.256 e. The SMILES string of the molecule is O=C(N[C@@H]1CCC[C@H]1Nc1nc2ccc(F)cc2s1)c1c(F)cccc1-n1nccn1. The van der Waals surface area contributed by atoms with E-state index >= 15 is 0 Å². The van der Waals surface area contributed by atoms with Gasteiger partial charge in [-0.2, -0.15) is 15.0 Å². The van der Waals surface area contributed by atoms with Crippen LogP contribution in [0, 0.1) is 11.6 Å². The molecule has 7 nitrogen and oxygen atoms in total. The Morgan fingerprint density at radius 1 is 1.10 bits per heavy atom. The number of aromatic nitrogens is 4. The zero-order chi connectivity index (χ0) is 21.4. The molecule has 158 valence electrons. The van der Waals surface area contributed by atoms with Crippen molar-refractivity contribution in [2.24, 2.45) is 0 Å². The third-order valence-corrected chi connectivity index (χ3v) is 6.29. The second kappa shape index (κ2) is 8.03. The van der Waals surface area contributed by atoms with E-state index in [2.05, 4.69) is 25.8 Å². The lowest BCUT2D eigenvalue weighted by atomic mass is 10.1. The summed E-state index contributed by atoms with van der Waals surface area (Å²) in [4.78, 5) is 18.7. The molecule has 5 rings (SSSR count). The summed E-state index contributed by atoms with van der Waals surface area (Å²) in [7, 11) is 0. The zero-order valence-corrected chi connectivity index (χ0v) is 17.1. The van der Waals surface area contributed by atoms with Crippen molar-refractivity contribution in [3.8, 4) is 5.69 Å². The van der Waals surface area contributed by atoms with E-state index in [1.165, 1.54) is 52.8 Å². The number of carbonyl (C=O) groups is 1. The van der Waals surface area contributed by atoms with Crippen LogP contribution in [0.2, 0.25) is 0 Å². The van der Waals surface area contributed by atoms with Crippen molar-refractivity contribution in [1.29, 1.82) is 0 Å². The van der Waals surface area contributed by atoms with Gasteiger partial charge in [0.2, 0.25) is 0 Å². The van der Waals surface area contributed by atoms with Crippen molar-refractivity contribution in [3.05, 3.63) is 66.0 Å². The molecule has 0 unspecified atom stereocenters. The number of fused-ring (bicyclic) bond motifs is 1. The van der Waals surface area contributed by atoms with Crippen LogP contribution in [0.4, 0.5) is 13.9 Å². The van der Waals surface area contributed by atoms with Crippen molar-refractivity contribution < 1.29 is 13.6 Å². The molecule has 0 spiro atoms. The monoisotopic (exact) mass is 440 g/mol. The first-order valence-electron chi connectivity index (χ1n) is 9.87. The van der Waals surface area contributed by atoms with Gasteiger partial charge < -0.3 is 10.6 Å². The first kappa shape index (κ1) is 19.6. The molecule has 0 saturated heterocycles. The molecule has 0 radical (unpaired) electrons. The van der Waals surface area contributed by atoms with Gasteiger partial charge in [-0.15, -0.1) is 0 Å². The van der Waals surface area contributed by atoms with Crippen LogP contribution in [0.3, 0.4) is 0 Å². The number of rotatable bonds is 5. The van der Waals surface area contributed by atoms with Crippen molar-refractivity contribution in [3.63, 3.8) is 0 Å². The van der Waals surface area contributed by atoms with E-state index in [1.54, 1.807) is 12.1 Å². The fourth-order valence-electron chi connectivity index (χ4n) is 3.91. The Hall–Kier alpha value is -3.40. The predicted molar refractivity (Wildman–Crippen MR) is 113 cm³/mol. The summed E-state index contributed by atoms with van der Waals surface area (Å²) in [6, 6.07) is 8.57. The van der Waals surface area contributed by atoms with E-state index in [0.717, 1.165) is 29.5 Å². The molecule has 2 heterocycles. The van der Waals surface area contributed by atoms with Crippen LogP contribution in [0.5, 0.6) is 0 Å². The zero-order valence-electron chi connectivity index (χ0n) is 16.3. The molecule has 2 aromatic carbocycles. The minimum Gasteiger partial charge on any atom is -0.357 e. The summed E-state index contributed by atoms with van der Waals surface area (Å²) >= 11 is 1.36. The Bertz CT molecular complexity index is 1240. The molecule has 2 N–H and O–H groups in total. The summed E-state index contributed by atoms with van der Waals surface area (Å²) in [6.45, 7) is 0. The molecule has 1 amide bonds. The van der Waals surface area contributed by atoms with Crippen LogP contribution in [0.1, 0.15) is 29.6 Å². The number of hydrogen-bond acceptors (Lipinski definition) is 6. The molecule has 0 aliphatic heterocycles. The Labute approximate surface area is 180 Å². The highest BCUT2D eigenvalue weighted by molar-refractivity contribution is 7.22. The highest BCUT2D eigenvalue weighted by Gasteiger charge is 2.31. The maximum absolute atomic E-state index is 14.6. The number of halogens is 2. The van der Waals surface area contributed by atoms with E-state index in [9.17, 15) is 13.6 Å². The average Bonchev–Trinajstić information content (AvgIpc) is 3.49. The summed E-state index contributed by atoms with van der Waals surface area (Å²) in [5.41, 5.74) is 0.897. The van der Waals surface area contributed by atoms with Gasteiger partial charge in [0.25, 0.3) is 5.91 Å². The Morgan fingerprint density at radius 3 is 2.74 bits per heavy atom. The highest BCUT2D eigenvalue weighted by Crippen LogP contribution is 2.30. The number of hydrogen-bond donors (Lipinski definition) is 2. The average molecular weight is 440 g/mol.